The van der Waals surface area contributed by atoms with Gasteiger partial charge in [-0.25, -0.2) is 14.0 Å². The summed E-state index contributed by atoms with van der Waals surface area (Å²) in [5.74, 6) is -1.46. The molecule has 0 aliphatic carbocycles. The fourth-order valence-electron chi connectivity index (χ4n) is 1.38. The van der Waals surface area contributed by atoms with Gasteiger partial charge in [-0.3, -0.25) is 4.99 Å². The molecule has 0 aromatic heterocycles. The fourth-order valence-corrected chi connectivity index (χ4v) is 1.38. The second kappa shape index (κ2) is 9.01. The molecule has 4 N–H and O–H groups in total. The first-order valence-corrected chi connectivity index (χ1v) is 6.84. The molecule has 0 aromatic rings. The van der Waals surface area contributed by atoms with E-state index < -0.39 is 29.5 Å². The number of hydrogen-bond donors (Lipinski definition) is 3. The van der Waals surface area contributed by atoms with Crippen LogP contribution in [0, 0.1) is 0 Å². The average molecular weight is 317 g/mol. The summed E-state index contributed by atoms with van der Waals surface area (Å²) in [5, 5.41) is 11.3. The summed E-state index contributed by atoms with van der Waals surface area (Å²) in [4.78, 5) is 26.3. The van der Waals surface area contributed by atoms with E-state index in [0.29, 0.717) is 0 Å². The van der Waals surface area contributed by atoms with E-state index in [4.69, 9.17) is 15.6 Å². The van der Waals surface area contributed by atoms with Gasteiger partial charge in [0.25, 0.3) is 0 Å². The van der Waals surface area contributed by atoms with Crippen molar-refractivity contribution in [3.63, 3.8) is 0 Å². The van der Waals surface area contributed by atoms with E-state index in [9.17, 15) is 14.0 Å². The molecule has 0 fully saturated rings. The molecule has 0 spiro atoms. The van der Waals surface area contributed by atoms with Crippen molar-refractivity contribution >= 4 is 17.9 Å². The number of aliphatic imine (C=N–C) groups is 1. The molecule has 0 bridgehead atoms. The van der Waals surface area contributed by atoms with E-state index in [1.807, 2.05) is 0 Å². The zero-order chi connectivity index (χ0) is 17.3. The first-order chi connectivity index (χ1) is 10.0. The number of amidine groups is 1. The Kier molecular flexibility index (Phi) is 8.14. The molecule has 1 unspecified atom stereocenters. The Labute approximate surface area is 129 Å². The summed E-state index contributed by atoms with van der Waals surface area (Å²) in [5.41, 5.74) is 4.55. The predicted molar refractivity (Wildman–Crippen MR) is 81.4 cm³/mol. The Morgan fingerprint density at radius 2 is 2.05 bits per heavy atom. The summed E-state index contributed by atoms with van der Waals surface area (Å²) >= 11 is 0. The van der Waals surface area contributed by atoms with Crippen molar-refractivity contribution in [2.24, 2.45) is 10.7 Å². The fraction of sp³-hybridized carbons (Fsp3) is 0.643. The van der Waals surface area contributed by atoms with Crippen LogP contribution < -0.4 is 11.1 Å². The summed E-state index contributed by atoms with van der Waals surface area (Å²) in [7, 11) is 0. The number of hydrogen-bond acceptors (Lipinski definition) is 4. The standard InChI is InChI=1S/C14H24FN3O4/c1-9(16)17-8-10(15)6-5-7-11(12(19)20)18-13(21)22-14(2,3)4/h6,11H,5,7-8H2,1-4H3,(H2,16,17)(H,18,21)(H,19,20)/b10-6-. The van der Waals surface area contributed by atoms with Crippen molar-refractivity contribution in [3.05, 3.63) is 11.9 Å². The number of nitrogens with two attached hydrogens (primary N) is 1. The van der Waals surface area contributed by atoms with Gasteiger partial charge >= 0.3 is 12.1 Å². The van der Waals surface area contributed by atoms with Gasteiger partial charge in [-0.05, 0) is 40.5 Å². The van der Waals surface area contributed by atoms with Crippen LogP contribution in [0.15, 0.2) is 16.9 Å². The molecule has 7 nitrogen and oxygen atoms in total. The summed E-state index contributed by atoms with van der Waals surface area (Å²) in [6.07, 6.45) is 0.567. The van der Waals surface area contributed by atoms with Crippen molar-refractivity contribution < 1.29 is 23.8 Å². The van der Waals surface area contributed by atoms with Crippen LogP contribution in [0.2, 0.25) is 0 Å². The van der Waals surface area contributed by atoms with Crippen LogP contribution in [0.25, 0.3) is 0 Å². The van der Waals surface area contributed by atoms with E-state index in [-0.39, 0.29) is 25.2 Å². The molecule has 1 atom stereocenters. The van der Waals surface area contributed by atoms with Crippen LogP contribution in [0.1, 0.15) is 40.5 Å². The maximum atomic E-state index is 13.3. The van der Waals surface area contributed by atoms with Crippen LogP contribution in [0.3, 0.4) is 0 Å². The number of nitrogens with zero attached hydrogens (tertiary/aromatic N) is 1. The zero-order valence-electron chi connectivity index (χ0n) is 13.4. The zero-order valence-corrected chi connectivity index (χ0v) is 13.4. The van der Waals surface area contributed by atoms with Crippen LogP contribution in [-0.4, -0.2) is 41.2 Å². The molecule has 126 valence electrons. The average Bonchev–Trinajstić information content (AvgIpc) is 2.32. The quantitative estimate of drug-likeness (QED) is 0.490. The monoisotopic (exact) mass is 317 g/mol. The van der Waals surface area contributed by atoms with Crippen molar-refractivity contribution in [2.45, 2.75) is 52.2 Å². The molecular weight excluding hydrogens is 293 g/mol. The molecule has 0 aliphatic rings. The van der Waals surface area contributed by atoms with Crippen LogP contribution in [0.4, 0.5) is 9.18 Å². The van der Waals surface area contributed by atoms with Crippen LogP contribution in [0.5, 0.6) is 0 Å². The first kappa shape index (κ1) is 19.9. The van der Waals surface area contributed by atoms with Crippen molar-refractivity contribution in [3.8, 4) is 0 Å². The van der Waals surface area contributed by atoms with Gasteiger partial charge in [0.05, 0.1) is 12.4 Å². The third-order valence-electron chi connectivity index (χ3n) is 2.29. The van der Waals surface area contributed by atoms with Gasteiger partial charge in [0.15, 0.2) is 0 Å². The van der Waals surface area contributed by atoms with E-state index in [0.717, 1.165) is 0 Å². The molecule has 0 radical (unpaired) electrons. The van der Waals surface area contributed by atoms with Gasteiger partial charge in [-0.2, -0.15) is 0 Å². The lowest BCUT2D eigenvalue weighted by Gasteiger charge is -2.21. The Bertz CT molecular complexity index is 451. The van der Waals surface area contributed by atoms with Crippen LogP contribution >= 0.6 is 0 Å². The molecule has 0 heterocycles. The Morgan fingerprint density at radius 1 is 1.45 bits per heavy atom. The van der Waals surface area contributed by atoms with E-state index in [2.05, 4.69) is 10.3 Å². The minimum Gasteiger partial charge on any atom is -0.480 e. The lowest BCUT2D eigenvalue weighted by molar-refractivity contribution is -0.139. The third kappa shape index (κ3) is 10.6. The number of carboxylic acids is 1. The van der Waals surface area contributed by atoms with Gasteiger partial charge in [0, 0.05) is 0 Å². The highest BCUT2D eigenvalue weighted by atomic mass is 19.1. The normalized spacial score (nSPS) is 14.4. The smallest absolute Gasteiger partial charge is 0.408 e. The number of carboxylic acid groups (broad SMARTS) is 1. The second-order valence-electron chi connectivity index (χ2n) is 5.72. The molecule has 0 rings (SSSR count). The van der Waals surface area contributed by atoms with Crippen LogP contribution in [-0.2, 0) is 9.53 Å². The lowest BCUT2D eigenvalue weighted by Crippen LogP contribution is -2.43. The van der Waals surface area contributed by atoms with Gasteiger partial charge in [-0.1, -0.05) is 6.08 Å². The largest absolute Gasteiger partial charge is 0.480 e. The number of alkyl carbamates (subject to hydrolysis) is 1. The van der Waals surface area contributed by atoms with Gasteiger partial charge in [-0.15, -0.1) is 0 Å². The number of rotatable bonds is 7. The topological polar surface area (TPSA) is 114 Å². The maximum absolute atomic E-state index is 13.3. The van der Waals surface area contributed by atoms with E-state index >= 15 is 0 Å². The Hall–Kier alpha value is -2.12. The number of halogens is 1. The molecular formula is C14H24FN3O4. The van der Waals surface area contributed by atoms with Crippen molar-refractivity contribution in [1.29, 1.82) is 0 Å². The SMILES string of the molecule is CC(N)=NC/C(F)=C/CCC(NC(=O)OC(C)(C)C)C(=O)O. The van der Waals surface area contributed by atoms with E-state index in [1.165, 1.54) is 6.08 Å². The summed E-state index contributed by atoms with van der Waals surface area (Å²) in [6, 6.07) is -1.15. The van der Waals surface area contributed by atoms with Crippen molar-refractivity contribution in [1.82, 2.24) is 5.32 Å². The number of aliphatic carboxylic acids is 1. The highest BCUT2D eigenvalue weighted by Crippen LogP contribution is 2.09. The highest BCUT2D eigenvalue weighted by molar-refractivity contribution is 5.80. The lowest BCUT2D eigenvalue weighted by atomic mass is 10.1. The maximum Gasteiger partial charge on any atom is 0.408 e. The number of ether oxygens (including phenoxy) is 1. The second-order valence-corrected chi connectivity index (χ2v) is 5.72. The van der Waals surface area contributed by atoms with Gasteiger partial charge in [0.1, 0.15) is 17.5 Å². The minimum absolute atomic E-state index is 0.0350. The van der Waals surface area contributed by atoms with E-state index in [1.54, 1.807) is 27.7 Å². The first-order valence-electron chi connectivity index (χ1n) is 6.84. The number of allylic oxidation sites excluding steroid dienone is 1. The molecule has 0 saturated carbocycles. The molecule has 22 heavy (non-hydrogen) atoms. The summed E-state index contributed by atoms with van der Waals surface area (Å²) in [6.45, 7) is 6.36. The molecule has 1 amide bonds. The number of nitrogens with one attached hydrogen (secondary N) is 1. The third-order valence-corrected chi connectivity index (χ3v) is 2.29. The number of amides is 1. The van der Waals surface area contributed by atoms with Gasteiger partial charge < -0.3 is 20.9 Å². The molecule has 0 saturated heterocycles. The molecule has 8 heteroatoms. The Morgan fingerprint density at radius 3 is 2.50 bits per heavy atom. The summed E-state index contributed by atoms with van der Waals surface area (Å²) < 4.78 is 18.3. The van der Waals surface area contributed by atoms with Gasteiger partial charge in [0.2, 0.25) is 0 Å². The highest BCUT2D eigenvalue weighted by Gasteiger charge is 2.23. The predicted octanol–water partition coefficient (Wildman–Crippen LogP) is 1.98. The number of carbonyl (C=O) groups is 2. The molecule has 0 aromatic carbocycles. The Balaban J connectivity index is 4.43. The van der Waals surface area contributed by atoms with Crippen molar-refractivity contribution in [2.75, 3.05) is 6.54 Å². The number of carbonyl (C=O) groups excluding carboxylic acids is 1. The minimum atomic E-state index is -1.21. The molecule has 0 aliphatic heterocycles.